The van der Waals surface area contributed by atoms with Crippen LogP contribution in [0.15, 0.2) is 57.2 Å². The molecule has 2 aromatic rings. The standard InChI is InChI=1S/C14H12N2O3S2/c1-16-11-7-6-9(21(15,18)19)8-13(11)20-12-5-3-2-4-10(12)14(16)17/h2-8H,1H3,(H2,15,18,19). The molecule has 2 N–H and O–H groups in total. The number of carbonyl (C=O) groups is 1. The number of hydrogen-bond donors (Lipinski definition) is 1. The van der Waals surface area contributed by atoms with Gasteiger partial charge in [0.1, 0.15) is 0 Å². The minimum Gasteiger partial charge on any atom is -0.310 e. The summed E-state index contributed by atoms with van der Waals surface area (Å²) in [5.74, 6) is -0.125. The summed E-state index contributed by atoms with van der Waals surface area (Å²) in [7, 11) is -2.11. The minimum absolute atomic E-state index is 0.0361. The van der Waals surface area contributed by atoms with Gasteiger partial charge in [-0.2, -0.15) is 0 Å². The smallest absolute Gasteiger partial charge is 0.259 e. The van der Waals surface area contributed by atoms with Crippen molar-refractivity contribution < 1.29 is 13.2 Å². The first-order chi connectivity index (χ1) is 9.88. The van der Waals surface area contributed by atoms with Gasteiger partial charge in [-0.1, -0.05) is 23.9 Å². The van der Waals surface area contributed by atoms with Gasteiger partial charge < -0.3 is 4.90 Å². The first-order valence-corrected chi connectivity index (χ1v) is 8.46. The first-order valence-electron chi connectivity index (χ1n) is 6.10. The van der Waals surface area contributed by atoms with Crippen molar-refractivity contribution in [1.82, 2.24) is 0 Å². The number of hydrogen-bond acceptors (Lipinski definition) is 4. The third kappa shape index (κ3) is 2.44. The third-order valence-electron chi connectivity index (χ3n) is 3.26. The van der Waals surface area contributed by atoms with Crippen molar-refractivity contribution in [2.24, 2.45) is 5.14 Å². The van der Waals surface area contributed by atoms with E-state index < -0.39 is 10.0 Å². The van der Waals surface area contributed by atoms with Crippen molar-refractivity contribution >= 4 is 33.4 Å². The van der Waals surface area contributed by atoms with E-state index in [1.54, 1.807) is 25.2 Å². The van der Waals surface area contributed by atoms with Crippen molar-refractivity contribution in [2.45, 2.75) is 14.7 Å². The molecule has 5 nitrogen and oxygen atoms in total. The van der Waals surface area contributed by atoms with Crippen LogP contribution in [-0.4, -0.2) is 21.4 Å². The number of carbonyl (C=O) groups excluding carboxylic acids is 1. The van der Waals surface area contributed by atoms with Crippen molar-refractivity contribution in [1.29, 1.82) is 0 Å². The summed E-state index contributed by atoms with van der Waals surface area (Å²) in [5, 5.41) is 5.17. The molecule has 7 heteroatoms. The van der Waals surface area contributed by atoms with Crippen LogP contribution in [0.5, 0.6) is 0 Å². The summed E-state index contributed by atoms with van der Waals surface area (Å²) >= 11 is 1.36. The summed E-state index contributed by atoms with van der Waals surface area (Å²) in [5.41, 5.74) is 1.26. The second-order valence-corrected chi connectivity index (χ2v) is 7.28. The highest BCUT2D eigenvalue weighted by Gasteiger charge is 2.25. The molecule has 1 heterocycles. The molecule has 0 aromatic heterocycles. The maximum Gasteiger partial charge on any atom is 0.259 e. The zero-order chi connectivity index (χ0) is 15.2. The van der Waals surface area contributed by atoms with Crippen LogP contribution in [0.25, 0.3) is 0 Å². The van der Waals surface area contributed by atoms with E-state index in [4.69, 9.17) is 5.14 Å². The molecule has 1 aliphatic heterocycles. The van der Waals surface area contributed by atoms with Crippen molar-refractivity contribution in [2.75, 3.05) is 11.9 Å². The number of fused-ring (bicyclic) bond motifs is 2. The van der Waals surface area contributed by atoms with Gasteiger partial charge in [-0.25, -0.2) is 13.6 Å². The number of nitrogens with zero attached hydrogens (tertiary/aromatic N) is 1. The zero-order valence-corrected chi connectivity index (χ0v) is 12.7. The van der Waals surface area contributed by atoms with Crippen LogP contribution in [0.2, 0.25) is 0 Å². The van der Waals surface area contributed by atoms with Gasteiger partial charge in [0.05, 0.1) is 16.1 Å². The molecule has 0 saturated heterocycles. The number of sulfonamides is 1. The average Bonchev–Trinajstić information content (AvgIpc) is 2.54. The van der Waals surface area contributed by atoms with Gasteiger partial charge in [0.25, 0.3) is 5.91 Å². The van der Waals surface area contributed by atoms with Crippen molar-refractivity contribution in [3.05, 3.63) is 48.0 Å². The molecule has 0 fully saturated rings. The molecule has 0 saturated carbocycles. The van der Waals surface area contributed by atoms with E-state index in [2.05, 4.69) is 0 Å². The van der Waals surface area contributed by atoms with Crippen LogP contribution in [0.1, 0.15) is 10.4 Å². The van der Waals surface area contributed by atoms with Crippen LogP contribution in [0.4, 0.5) is 5.69 Å². The molecule has 0 bridgehead atoms. The van der Waals surface area contributed by atoms with Crippen LogP contribution in [0.3, 0.4) is 0 Å². The van der Waals surface area contributed by atoms with E-state index >= 15 is 0 Å². The Labute approximate surface area is 126 Å². The lowest BCUT2D eigenvalue weighted by atomic mass is 10.2. The second-order valence-electron chi connectivity index (χ2n) is 4.64. The number of nitrogens with two attached hydrogens (primary N) is 1. The Morgan fingerprint density at radius 1 is 1.10 bits per heavy atom. The highest BCUT2D eigenvalue weighted by molar-refractivity contribution is 7.99. The van der Waals surface area contributed by atoms with Gasteiger partial charge in [-0.15, -0.1) is 0 Å². The minimum atomic E-state index is -3.77. The fourth-order valence-corrected chi connectivity index (χ4v) is 3.93. The van der Waals surface area contributed by atoms with Crippen molar-refractivity contribution in [3.63, 3.8) is 0 Å². The lowest BCUT2D eigenvalue weighted by Gasteiger charge is -2.17. The quantitative estimate of drug-likeness (QED) is 0.872. The number of anilines is 1. The maximum absolute atomic E-state index is 12.5. The van der Waals surface area contributed by atoms with Gasteiger partial charge >= 0.3 is 0 Å². The normalized spacial score (nSPS) is 14.4. The SMILES string of the molecule is CN1C(=O)c2ccccc2Sc2cc(S(N)(=O)=O)ccc21. The summed E-state index contributed by atoms with van der Waals surface area (Å²) in [4.78, 5) is 15.5. The van der Waals surface area contributed by atoms with Gasteiger partial charge in [-0.3, -0.25) is 4.79 Å². The Morgan fingerprint density at radius 2 is 1.81 bits per heavy atom. The fourth-order valence-electron chi connectivity index (χ4n) is 2.17. The summed E-state index contributed by atoms with van der Waals surface area (Å²) in [6.07, 6.45) is 0. The molecule has 1 aliphatic rings. The van der Waals surface area contributed by atoms with Crippen LogP contribution in [-0.2, 0) is 10.0 Å². The Morgan fingerprint density at radius 3 is 2.52 bits per heavy atom. The molecule has 0 aliphatic carbocycles. The molecule has 0 radical (unpaired) electrons. The number of amides is 1. The number of primary sulfonamides is 1. The highest BCUT2D eigenvalue weighted by Crippen LogP contribution is 2.41. The van der Waals surface area contributed by atoms with Crippen LogP contribution in [0, 0.1) is 0 Å². The van der Waals surface area contributed by atoms with E-state index in [0.717, 1.165) is 4.90 Å². The molecule has 1 amide bonds. The zero-order valence-electron chi connectivity index (χ0n) is 11.1. The summed E-state index contributed by atoms with van der Waals surface area (Å²) in [6, 6.07) is 11.8. The lowest BCUT2D eigenvalue weighted by molar-refractivity contribution is 0.0990. The lowest BCUT2D eigenvalue weighted by Crippen LogP contribution is -2.26. The number of benzene rings is 2. The van der Waals surface area contributed by atoms with Gasteiger partial charge in [0.15, 0.2) is 0 Å². The van der Waals surface area contributed by atoms with Crippen LogP contribution < -0.4 is 10.0 Å². The van der Waals surface area contributed by atoms with E-state index in [1.807, 2.05) is 12.1 Å². The molecule has 3 rings (SSSR count). The summed E-state index contributed by atoms with van der Waals surface area (Å²) < 4.78 is 23.0. The second kappa shape index (κ2) is 4.87. The Hall–Kier alpha value is -1.83. The molecule has 0 unspecified atom stereocenters. The molecule has 0 spiro atoms. The van der Waals surface area contributed by atoms with E-state index in [0.29, 0.717) is 16.1 Å². The topological polar surface area (TPSA) is 80.5 Å². The predicted octanol–water partition coefficient (Wildman–Crippen LogP) is 2.08. The van der Waals surface area contributed by atoms with E-state index in [-0.39, 0.29) is 10.8 Å². The largest absolute Gasteiger partial charge is 0.310 e. The molecule has 2 aromatic carbocycles. The predicted molar refractivity (Wildman–Crippen MR) is 81.1 cm³/mol. The average molecular weight is 320 g/mol. The molecule has 0 atom stereocenters. The molecule has 21 heavy (non-hydrogen) atoms. The Balaban J connectivity index is 2.23. The van der Waals surface area contributed by atoms with E-state index in [1.165, 1.54) is 28.8 Å². The summed E-state index contributed by atoms with van der Waals surface area (Å²) in [6.45, 7) is 0. The molecular formula is C14H12N2O3S2. The number of rotatable bonds is 1. The highest BCUT2D eigenvalue weighted by atomic mass is 32.2. The Kier molecular flexibility index (Phi) is 3.27. The van der Waals surface area contributed by atoms with Gasteiger partial charge in [0.2, 0.25) is 10.0 Å². The Bertz CT molecular complexity index is 847. The molecular weight excluding hydrogens is 308 g/mol. The molecule has 108 valence electrons. The third-order valence-corrected chi connectivity index (χ3v) is 5.30. The van der Waals surface area contributed by atoms with E-state index in [9.17, 15) is 13.2 Å². The van der Waals surface area contributed by atoms with Crippen LogP contribution >= 0.6 is 11.8 Å². The van der Waals surface area contributed by atoms with Crippen molar-refractivity contribution in [3.8, 4) is 0 Å². The van der Waals surface area contributed by atoms with Gasteiger partial charge in [0, 0.05) is 16.8 Å². The maximum atomic E-state index is 12.5. The van der Waals surface area contributed by atoms with Gasteiger partial charge in [-0.05, 0) is 30.3 Å². The first kappa shape index (κ1) is 14.1. The monoisotopic (exact) mass is 320 g/mol. The fraction of sp³-hybridized carbons (Fsp3) is 0.0714.